The minimum absolute atomic E-state index is 0.308. The summed E-state index contributed by atoms with van der Waals surface area (Å²) >= 11 is 0. The number of nitrogens with zero attached hydrogens (tertiary/aromatic N) is 1. The molecule has 19 heavy (non-hydrogen) atoms. The van der Waals surface area contributed by atoms with Gasteiger partial charge < -0.3 is 10.4 Å². The van der Waals surface area contributed by atoms with Crippen LogP contribution < -0.4 is 5.32 Å². The molecule has 9 heteroatoms. The number of carboxylic acids is 1. The molecule has 7 nitrogen and oxygen atoms in total. The number of carbonyl (C=O) groups is 2. The third-order valence-corrected chi connectivity index (χ3v) is 2.08. The van der Waals surface area contributed by atoms with Gasteiger partial charge in [-0.15, -0.1) is 0 Å². The fourth-order valence-electron chi connectivity index (χ4n) is 1.25. The van der Waals surface area contributed by atoms with Gasteiger partial charge in [0, 0.05) is 6.54 Å². The number of aliphatic carboxylic acids is 1. The third kappa shape index (κ3) is 3.69. The molecule has 0 saturated carbocycles. The molecule has 0 saturated heterocycles. The van der Waals surface area contributed by atoms with Crippen molar-refractivity contribution in [1.82, 2.24) is 5.32 Å². The van der Waals surface area contributed by atoms with Crippen LogP contribution in [0.5, 0.6) is 0 Å². The van der Waals surface area contributed by atoms with E-state index in [2.05, 4.69) is 0 Å². The fourth-order valence-corrected chi connectivity index (χ4v) is 1.25. The first-order valence-electron chi connectivity index (χ1n) is 4.96. The quantitative estimate of drug-likeness (QED) is 0.616. The number of rotatable bonds is 5. The average molecular weight is 274 g/mol. The Morgan fingerprint density at radius 2 is 2.00 bits per heavy atom. The van der Waals surface area contributed by atoms with Crippen LogP contribution in [0.1, 0.15) is 16.8 Å². The van der Waals surface area contributed by atoms with Gasteiger partial charge >= 0.3 is 11.7 Å². The van der Waals surface area contributed by atoms with Gasteiger partial charge in [0.2, 0.25) is 5.82 Å². The van der Waals surface area contributed by atoms with Crippen LogP contribution in [0.25, 0.3) is 0 Å². The summed E-state index contributed by atoms with van der Waals surface area (Å²) in [7, 11) is 0. The molecular formula is C10H8F2N2O5. The van der Waals surface area contributed by atoms with Crippen molar-refractivity contribution in [3.63, 3.8) is 0 Å². The Balaban J connectivity index is 2.96. The summed E-state index contributed by atoms with van der Waals surface area (Å²) in [6.45, 7) is -0.308. The summed E-state index contributed by atoms with van der Waals surface area (Å²) in [5, 5.41) is 20.8. The Morgan fingerprint density at radius 1 is 1.37 bits per heavy atom. The van der Waals surface area contributed by atoms with Crippen molar-refractivity contribution in [3.05, 3.63) is 39.4 Å². The van der Waals surface area contributed by atoms with Gasteiger partial charge in [0.05, 0.1) is 23.0 Å². The number of hydrogen-bond donors (Lipinski definition) is 2. The molecule has 1 aromatic rings. The lowest BCUT2D eigenvalue weighted by Gasteiger charge is -2.05. The molecule has 2 N–H and O–H groups in total. The lowest BCUT2D eigenvalue weighted by atomic mass is 10.1. The second kappa shape index (κ2) is 5.85. The molecule has 0 bridgehead atoms. The van der Waals surface area contributed by atoms with Gasteiger partial charge in [0.15, 0.2) is 0 Å². The minimum atomic E-state index is -1.47. The van der Waals surface area contributed by atoms with Crippen LogP contribution >= 0.6 is 0 Å². The first-order chi connectivity index (χ1) is 8.82. The van der Waals surface area contributed by atoms with E-state index in [0.717, 1.165) is 0 Å². The fraction of sp³-hybridized carbons (Fsp3) is 0.200. The first-order valence-corrected chi connectivity index (χ1v) is 4.96. The molecule has 0 atom stereocenters. The SMILES string of the molecule is O=C(O)CCNC(=O)c1cc(F)cc([N+](=O)[O-])c1F. The first kappa shape index (κ1) is 14.5. The second-order valence-electron chi connectivity index (χ2n) is 3.44. The molecule has 0 aliphatic heterocycles. The number of carbonyl (C=O) groups excluding carboxylic acids is 1. The van der Waals surface area contributed by atoms with E-state index >= 15 is 0 Å². The summed E-state index contributed by atoms with van der Waals surface area (Å²) in [4.78, 5) is 30.9. The maximum absolute atomic E-state index is 13.6. The lowest BCUT2D eigenvalue weighted by Crippen LogP contribution is -2.27. The largest absolute Gasteiger partial charge is 0.481 e. The zero-order valence-corrected chi connectivity index (χ0v) is 9.35. The van der Waals surface area contributed by atoms with Gasteiger partial charge in [0.1, 0.15) is 5.82 Å². The van der Waals surface area contributed by atoms with E-state index in [9.17, 15) is 28.5 Å². The van der Waals surface area contributed by atoms with Crippen molar-refractivity contribution in [2.24, 2.45) is 0 Å². The normalized spacial score (nSPS) is 10.0. The van der Waals surface area contributed by atoms with E-state index < -0.39 is 46.1 Å². The van der Waals surface area contributed by atoms with E-state index in [-0.39, 0.29) is 6.54 Å². The van der Waals surface area contributed by atoms with Gasteiger partial charge in [-0.1, -0.05) is 0 Å². The lowest BCUT2D eigenvalue weighted by molar-refractivity contribution is -0.387. The molecule has 0 fully saturated rings. The van der Waals surface area contributed by atoms with Gasteiger partial charge in [-0.3, -0.25) is 19.7 Å². The van der Waals surface area contributed by atoms with E-state index in [1.807, 2.05) is 5.32 Å². The number of hydrogen-bond acceptors (Lipinski definition) is 4. The van der Waals surface area contributed by atoms with Gasteiger partial charge in [-0.25, -0.2) is 4.39 Å². The average Bonchev–Trinajstić information content (AvgIpc) is 2.30. The van der Waals surface area contributed by atoms with Crippen LogP contribution in [0.4, 0.5) is 14.5 Å². The highest BCUT2D eigenvalue weighted by atomic mass is 19.1. The molecule has 1 amide bonds. The monoisotopic (exact) mass is 274 g/mol. The number of carboxylic acid groups (broad SMARTS) is 1. The van der Waals surface area contributed by atoms with E-state index in [1.165, 1.54) is 0 Å². The maximum Gasteiger partial charge on any atom is 0.308 e. The van der Waals surface area contributed by atoms with E-state index in [4.69, 9.17) is 5.11 Å². The van der Waals surface area contributed by atoms with Crippen LogP contribution in [0.3, 0.4) is 0 Å². The maximum atomic E-state index is 13.6. The Kier molecular flexibility index (Phi) is 4.46. The van der Waals surface area contributed by atoms with Crippen molar-refractivity contribution >= 4 is 17.6 Å². The number of nitrogens with one attached hydrogen (secondary N) is 1. The van der Waals surface area contributed by atoms with Gasteiger partial charge in [0.25, 0.3) is 5.91 Å². The highest BCUT2D eigenvalue weighted by molar-refractivity contribution is 5.95. The minimum Gasteiger partial charge on any atom is -0.481 e. The van der Waals surface area contributed by atoms with Crippen molar-refractivity contribution < 1.29 is 28.4 Å². The summed E-state index contributed by atoms with van der Waals surface area (Å²) in [5.41, 5.74) is -2.01. The second-order valence-corrected chi connectivity index (χ2v) is 3.44. The van der Waals surface area contributed by atoms with E-state index in [1.54, 1.807) is 0 Å². The Morgan fingerprint density at radius 3 is 2.53 bits per heavy atom. The Labute approximate surface area is 105 Å². The molecular weight excluding hydrogens is 266 g/mol. The zero-order valence-electron chi connectivity index (χ0n) is 9.35. The molecule has 0 aromatic heterocycles. The summed E-state index contributed by atoms with van der Waals surface area (Å²) in [5.74, 6) is -4.93. The zero-order chi connectivity index (χ0) is 14.6. The molecule has 1 rings (SSSR count). The van der Waals surface area contributed by atoms with E-state index in [0.29, 0.717) is 12.1 Å². The number of halogens is 2. The van der Waals surface area contributed by atoms with Crippen LogP contribution in [-0.4, -0.2) is 28.5 Å². The number of amides is 1. The summed E-state index contributed by atoms with van der Waals surface area (Å²) in [6, 6.07) is 0.849. The van der Waals surface area contributed by atoms with Crippen LogP contribution in [-0.2, 0) is 4.79 Å². The molecule has 0 aliphatic rings. The van der Waals surface area contributed by atoms with Crippen molar-refractivity contribution in [3.8, 4) is 0 Å². The van der Waals surface area contributed by atoms with Gasteiger partial charge in [-0.05, 0) is 6.07 Å². The molecule has 0 aliphatic carbocycles. The molecule has 0 heterocycles. The molecule has 0 radical (unpaired) electrons. The molecule has 102 valence electrons. The summed E-state index contributed by atoms with van der Waals surface area (Å²) in [6.07, 6.45) is -0.412. The van der Waals surface area contributed by atoms with Gasteiger partial charge in [-0.2, -0.15) is 4.39 Å². The smallest absolute Gasteiger partial charge is 0.308 e. The van der Waals surface area contributed by atoms with Crippen LogP contribution in [0, 0.1) is 21.7 Å². The Bertz CT molecular complexity index is 547. The highest BCUT2D eigenvalue weighted by Gasteiger charge is 2.24. The van der Waals surface area contributed by atoms with Crippen LogP contribution in [0.2, 0.25) is 0 Å². The molecule has 0 spiro atoms. The standard InChI is InChI=1S/C10H8F2N2O5/c11-5-3-6(9(12)7(4-5)14(18)19)10(17)13-2-1-8(15)16/h3-4H,1-2H2,(H,13,17)(H,15,16). The third-order valence-electron chi connectivity index (χ3n) is 2.08. The predicted octanol–water partition coefficient (Wildman–Crippen LogP) is 1.08. The summed E-state index contributed by atoms with van der Waals surface area (Å²) < 4.78 is 26.6. The van der Waals surface area contributed by atoms with Crippen LogP contribution in [0.15, 0.2) is 12.1 Å². The van der Waals surface area contributed by atoms with Crippen molar-refractivity contribution in [2.75, 3.05) is 6.54 Å². The number of benzene rings is 1. The predicted molar refractivity (Wildman–Crippen MR) is 57.6 cm³/mol. The van der Waals surface area contributed by atoms with Crippen molar-refractivity contribution in [1.29, 1.82) is 0 Å². The molecule has 0 unspecified atom stereocenters. The number of nitro groups is 1. The Hall–Kier alpha value is -2.58. The number of nitro benzene ring substituents is 1. The highest BCUT2D eigenvalue weighted by Crippen LogP contribution is 2.22. The van der Waals surface area contributed by atoms with Crippen molar-refractivity contribution in [2.45, 2.75) is 6.42 Å². The molecule has 1 aromatic carbocycles. The topological polar surface area (TPSA) is 110 Å².